The van der Waals surface area contributed by atoms with Gasteiger partial charge >= 0.3 is 0 Å². The Balaban J connectivity index is 2.27. The molecule has 0 bridgehead atoms. The largest absolute Gasteiger partial charge is 0.289 e. The van der Waals surface area contributed by atoms with Gasteiger partial charge in [-0.3, -0.25) is 4.79 Å². The molecular formula is C18H12Br2O. The summed E-state index contributed by atoms with van der Waals surface area (Å²) in [4.78, 5) is 13.0. The van der Waals surface area contributed by atoms with E-state index < -0.39 is 0 Å². The van der Waals surface area contributed by atoms with Gasteiger partial charge in [0.2, 0.25) is 0 Å². The Bertz CT molecular complexity index is 853. The van der Waals surface area contributed by atoms with Crippen molar-refractivity contribution in [2.24, 2.45) is 0 Å². The minimum atomic E-state index is 0.0393. The fourth-order valence-corrected chi connectivity index (χ4v) is 3.28. The molecule has 3 heteroatoms. The highest BCUT2D eigenvalue weighted by Crippen LogP contribution is 2.29. The second-order valence-electron chi connectivity index (χ2n) is 4.93. The molecule has 0 saturated carbocycles. The average Bonchev–Trinajstić information content (AvgIpc) is 2.49. The van der Waals surface area contributed by atoms with Gasteiger partial charge < -0.3 is 0 Å². The Kier molecular flexibility index (Phi) is 3.96. The van der Waals surface area contributed by atoms with E-state index in [1.165, 1.54) is 0 Å². The molecule has 0 amide bonds. The van der Waals surface area contributed by atoms with Crippen LogP contribution in [0.5, 0.6) is 0 Å². The summed E-state index contributed by atoms with van der Waals surface area (Å²) in [5.41, 5.74) is 2.43. The van der Waals surface area contributed by atoms with Crippen molar-refractivity contribution in [3.63, 3.8) is 0 Å². The van der Waals surface area contributed by atoms with Crippen molar-refractivity contribution in [3.8, 4) is 0 Å². The number of aryl methyl sites for hydroxylation is 1. The highest BCUT2D eigenvalue weighted by molar-refractivity contribution is 9.11. The second-order valence-corrected chi connectivity index (χ2v) is 6.70. The van der Waals surface area contributed by atoms with Crippen molar-refractivity contribution < 1.29 is 4.79 Å². The van der Waals surface area contributed by atoms with Crippen LogP contribution in [0, 0.1) is 6.92 Å². The van der Waals surface area contributed by atoms with E-state index in [0.717, 1.165) is 30.8 Å². The van der Waals surface area contributed by atoms with Crippen molar-refractivity contribution in [2.45, 2.75) is 6.92 Å². The molecule has 0 aliphatic heterocycles. The first-order chi connectivity index (χ1) is 10.1. The van der Waals surface area contributed by atoms with Crippen LogP contribution in [0.25, 0.3) is 10.8 Å². The fraction of sp³-hybridized carbons (Fsp3) is 0.0556. The van der Waals surface area contributed by atoms with E-state index in [9.17, 15) is 4.79 Å². The number of carbonyl (C=O) groups excluding carboxylic acids is 1. The third-order valence-electron chi connectivity index (χ3n) is 3.54. The maximum atomic E-state index is 13.0. The maximum absolute atomic E-state index is 13.0. The Morgan fingerprint density at radius 1 is 0.952 bits per heavy atom. The number of benzene rings is 3. The predicted octanol–water partition coefficient (Wildman–Crippen LogP) is 5.90. The van der Waals surface area contributed by atoms with Gasteiger partial charge in [0.1, 0.15) is 0 Å². The summed E-state index contributed by atoms with van der Waals surface area (Å²) < 4.78 is 1.70. The summed E-state index contributed by atoms with van der Waals surface area (Å²) in [6, 6.07) is 17.7. The third kappa shape index (κ3) is 2.68. The summed E-state index contributed by atoms with van der Waals surface area (Å²) in [6.45, 7) is 1.98. The lowest BCUT2D eigenvalue weighted by atomic mass is 9.93. The van der Waals surface area contributed by atoms with E-state index in [1.807, 2.05) is 55.5 Å². The molecular weight excluding hydrogens is 392 g/mol. The summed E-state index contributed by atoms with van der Waals surface area (Å²) in [5, 5.41) is 2.08. The lowest BCUT2D eigenvalue weighted by Gasteiger charge is -2.11. The van der Waals surface area contributed by atoms with Crippen LogP contribution in [0.3, 0.4) is 0 Å². The van der Waals surface area contributed by atoms with Crippen LogP contribution in [-0.4, -0.2) is 5.78 Å². The third-order valence-corrected chi connectivity index (χ3v) is 4.72. The maximum Gasteiger partial charge on any atom is 0.195 e. The van der Waals surface area contributed by atoms with E-state index in [-0.39, 0.29) is 5.78 Å². The summed E-state index contributed by atoms with van der Waals surface area (Å²) in [7, 11) is 0. The standard InChI is InChI=1S/C18H12Br2O/c1-11-6-7-12-4-2-3-5-14(12)17(11)18(21)15-10-13(19)8-9-16(15)20/h2-10H,1H3. The van der Waals surface area contributed by atoms with Crippen molar-refractivity contribution >= 4 is 48.4 Å². The molecule has 1 nitrogen and oxygen atoms in total. The lowest BCUT2D eigenvalue weighted by molar-refractivity contribution is 0.103. The van der Waals surface area contributed by atoms with Crippen molar-refractivity contribution in [1.29, 1.82) is 0 Å². The highest BCUT2D eigenvalue weighted by atomic mass is 79.9. The molecule has 104 valence electrons. The van der Waals surface area contributed by atoms with Crippen LogP contribution >= 0.6 is 31.9 Å². The summed E-state index contributed by atoms with van der Waals surface area (Å²) in [5.74, 6) is 0.0393. The fourth-order valence-electron chi connectivity index (χ4n) is 2.49. The predicted molar refractivity (Wildman–Crippen MR) is 94.0 cm³/mol. The first-order valence-electron chi connectivity index (χ1n) is 6.56. The zero-order valence-electron chi connectivity index (χ0n) is 11.4. The molecule has 0 heterocycles. The molecule has 0 fully saturated rings. The van der Waals surface area contributed by atoms with Gasteiger partial charge in [0.15, 0.2) is 5.78 Å². The van der Waals surface area contributed by atoms with Gasteiger partial charge in [0.25, 0.3) is 0 Å². The molecule has 3 aromatic rings. The number of carbonyl (C=O) groups is 1. The molecule has 0 aliphatic rings. The summed E-state index contributed by atoms with van der Waals surface area (Å²) in [6.07, 6.45) is 0. The van der Waals surface area contributed by atoms with Crippen LogP contribution in [0.4, 0.5) is 0 Å². The number of hydrogen-bond donors (Lipinski definition) is 0. The molecule has 3 aromatic carbocycles. The van der Waals surface area contributed by atoms with Crippen LogP contribution in [-0.2, 0) is 0 Å². The van der Waals surface area contributed by atoms with E-state index in [4.69, 9.17) is 0 Å². The SMILES string of the molecule is Cc1ccc2ccccc2c1C(=O)c1cc(Br)ccc1Br. The minimum Gasteiger partial charge on any atom is -0.289 e. The van der Waals surface area contributed by atoms with Crippen LogP contribution < -0.4 is 0 Å². The Morgan fingerprint density at radius 3 is 2.52 bits per heavy atom. The first-order valence-corrected chi connectivity index (χ1v) is 8.14. The smallest absolute Gasteiger partial charge is 0.195 e. The van der Waals surface area contributed by atoms with Gasteiger partial charge in [-0.15, -0.1) is 0 Å². The number of hydrogen-bond acceptors (Lipinski definition) is 1. The lowest BCUT2D eigenvalue weighted by Crippen LogP contribution is -2.05. The Morgan fingerprint density at radius 2 is 1.71 bits per heavy atom. The molecule has 0 aliphatic carbocycles. The molecule has 3 rings (SSSR count). The van der Waals surface area contributed by atoms with Crippen molar-refractivity contribution in [2.75, 3.05) is 0 Å². The van der Waals surface area contributed by atoms with Gasteiger partial charge in [-0.25, -0.2) is 0 Å². The summed E-state index contributed by atoms with van der Waals surface area (Å²) >= 11 is 6.91. The Hall–Kier alpha value is -1.45. The molecule has 0 saturated heterocycles. The molecule has 21 heavy (non-hydrogen) atoms. The van der Waals surface area contributed by atoms with Crippen LogP contribution in [0.1, 0.15) is 21.5 Å². The van der Waals surface area contributed by atoms with Gasteiger partial charge in [0, 0.05) is 20.1 Å². The molecule has 0 aromatic heterocycles. The second kappa shape index (κ2) is 5.74. The topological polar surface area (TPSA) is 17.1 Å². The monoisotopic (exact) mass is 402 g/mol. The quantitative estimate of drug-likeness (QED) is 0.486. The molecule has 0 atom stereocenters. The molecule has 0 radical (unpaired) electrons. The minimum absolute atomic E-state index is 0.0393. The zero-order valence-corrected chi connectivity index (χ0v) is 14.5. The Labute approximate surface area is 140 Å². The van der Waals surface area contributed by atoms with E-state index in [2.05, 4.69) is 37.9 Å². The number of rotatable bonds is 2. The highest BCUT2D eigenvalue weighted by Gasteiger charge is 2.17. The average molecular weight is 404 g/mol. The zero-order chi connectivity index (χ0) is 15.0. The normalized spacial score (nSPS) is 10.8. The molecule has 0 spiro atoms. The van der Waals surface area contributed by atoms with Gasteiger partial charge in [-0.2, -0.15) is 0 Å². The van der Waals surface area contributed by atoms with Crippen molar-refractivity contribution in [3.05, 3.63) is 80.2 Å². The molecule has 0 N–H and O–H groups in total. The van der Waals surface area contributed by atoms with Crippen LogP contribution in [0.15, 0.2) is 63.5 Å². The number of fused-ring (bicyclic) bond motifs is 1. The van der Waals surface area contributed by atoms with Gasteiger partial charge in [0.05, 0.1) is 0 Å². The number of halogens is 2. The first kappa shape index (κ1) is 14.5. The molecule has 0 unspecified atom stereocenters. The van der Waals surface area contributed by atoms with Crippen LogP contribution in [0.2, 0.25) is 0 Å². The van der Waals surface area contributed by atoms with Gasteiger partial charge in [-0.05, 0) is 41.5 Å². The van der Waals surface area contributed by atoms with E-state index in [1.54, 1.807) is 0 Å². The van der Waals surface area contributed by atoms with E-state index in [0.29, 0.717) is 5.56 Å². The van der Waals surface area contributed by atoms with Crippen molar-refractivity contribution in [1.82, 2.24) is 0 Å². The van der Waals surface area contributed by atoms with E-state index >= 15 is 0 Å². The van der Waals surface area contributed by atoms with Gasteiger partial charge in [-0.1, -0.05) is 68.3 Å². The number of ketones is 1.